The van der Waals surface area contributed by atoms with Gasteiger partial charge in [0, 0.05) is 60.8 Å². The second-order valence-corrected chi connectivity index (χ2v) is 8.69. The molecule has 4 heterocycles. The van der Waals surface area contributed by atoms with Gasteiger partial charge in [-0.05, 0) is 43.5 Å². The number of rotatable bonds is 2. The van der Waals surface area contributed by atoms with Crippen molar-refractivity contribution < 1.29 is 4.79 Å². The highest BCUT2D eigenvalue weighted by Crippen LogP contribution is 2.39. The molecule has 2 aliphatic heterocycles. The summed E-state index contributed by atoms with van der Waals surface area (Å²) in [6.45, 7) is 2.58. The molecule has 0 atom stereocenters. The minimum Gasteiger partial charge on any atom is -0.340 e. The summed E-state index contributed by atoms with van der Waals surface area (Å²) in [5, 5.41) is 4.30. The number of thioether (sulfide) groups is 1. The van der Waals surface area contributed by atoms with Crippen LogP contribution in [0.15, 0.2) is 46.2 Å². The molecule has 3 aromatic rings. The lowest BCUT2D eigenvalue weighted by Gasteiger charge is -2.32. The van der Waals surface area contributed by atoms with Crippen LogP contribution < -0.4 is 10.6 Å². The van der Waals surface area contributed by atoms with Crippen LogP contribution in [0, 0.1) is 0 Å². The molecule has 29 heavy (non-hydrogen) atoms. The molecular weight excluding hydrogens is 386 g/mol. The van der Waals surface area contributed by atoms with E-state index in [1.54, 1.807) is 29.4 Å². The SMILES string of the molecule is Cn1nc2cc(N3CCSc4cc(C(=O)N5CCCCC5)ccc43)ccn2c1=O. The summed E-state index contributed by atoms with van der Waals surface area (Å²) in [6, 6.07) is 9.91. The van der Waals surface area contributed by atoms with Crippen LogP contribution in [-0.4, -0.2) is 50.4 Å². The van der Waals surface area contributed by atoms with Crippen LogP contribution in [0.5, 0.6) is 0 Å². The predicted molar refractivity (Wildman–Crippen MR) is 114 cm³/mol. The molecule has 2 aromatic heterocycles. The molecule has 2 aliphatic rings. The topological polar surface area (TPSA) is 62.9 Å². The van der Waals surface area contributed by atoms with Gasteiger partial charge in [0.05, 0.1) is 5.69 Å². The average molecular weight is 410 g/mol. The van der Waals surface area contributed by atoms with Crippen LogP contribution in [0.2, 0.25) is 0 Å². The molecule has 1 saturated heterocycles. The number of hydrogen-bond donors (Lipinski definition) is 0. The number of pyridine rings is 1. The van der Waals surface area contributed by atoms with E-state index in [1.807, 2.05) is 35.2 Å². The summed E-state index contributed by atoms with van der Waals surface area (Å²) in [5.74, 6) is 1.08. The Kier molecular flexibility index (Phi) is 4.58. The first-order valence-electron chi connectivity index (χ1n) is 10.0. The smallest absolute Gasteiger partial charge is 0.340 e. The van der Waals surface area contributed by atoms with E-state index in [0.29, 0.717) is 5.65 Å². The molecule has 1 amide bonds. The van der Waals surface area contributed by atoms with Gasteiger partial charge in [0.1, 0.15) is 0 Å². The number of amides is 1. The van der Waals surface area contributed by atoms with Crippen molar-refractivity contribution in [2.24, 2.45) is 7.05 Å². The Bertz CT molecular complexity index is 1150. The number of likely N-dealkylation sites (tertiary alicyclic amines) is 1. The highest BCUT2D eigenvalue weighted by molar-refractivity contribution is 7.99. The standard InChI is InChI=1S/C21H23N5O2S/c1-23-21(28)26-10-7-16(14-19(26)22-23)25-11-12-29-18-13-15(5-6-17(18)25)20(27)24-8-3-2-4-9-24/h5-7,10,13-14H,2-4,8-9,11-12H2,1H3. The molecular formula is C21H23N5O2S. The molecule has 5 rings (SSSR count). The van der Waals surface area contributed by atoms with Gasteiger partial charge in [0.15, 0.2) is 5.65 Å². The van der Waals surface area contributed by atoms with Crippen molar-refractivity contribution in [3.05, 3.63) is 52.6 Å². The van der Waals surface area contributed by atoms with Crippen molar-refractivity contribution in [2.75, 3.05) is 30.3 Å². The van der Waals surface area contributed by atoms with Gasteiger partial charge in [0.25, 0.3) is 5.91 Å². The first-order chi connectivity index (χ1) is 14.1. The summed E-state index contributed by atoms with van der Waals surface area (Å²) >= 11 is 1.79. The van der Waals surface area contributed by atoms with Crippen molar-refractivity contribution in [3.63, 3.8) is 0 Å². The quantitative estimate of drug-likeness (QED) is 0.651. The van der Waals surface area contributed by atoms with E-state index in [-0.39, 0.29) is 11.6 Å². The van der Waals surface area contributed by atoms with Crippen LogP contribution in [0.3, 0.4) is 0 Å². The molecule has 1 fully saturated rings. The Hall–Kier alpha value is -2.74. The summed E-state index contributed by atoms with van der Waals surface area (Å²) in [6.07, 6.45) is 5.18. The van der Waals surface area contributed by atoms with E-state index in [9.17, 15) is 9.59 Å². The van der Waals surface area contributed by atoms with E-state index in [0.717, 1.165) is 60.1 Å². The molecule has 0 saturated carbocycles. The third kappa shape index (κ3) is 3.21. The molecule has 0 unspecified atom stereocenters. The highest BCUT2D eigenvalue weighted by atomic mass is 32.2. The largest absolute Gasteiger partial charge is 0.350 e. The van der Waals surface area contributed by atoms with Crippen molar-refractivity contribution in [3.8, 4) is 0 Å². The van der Waals surface area contributed by atoms with Gasteiger partial charge in [-0.1, -0.05) is 0 Å². The van der Waals surface area contributed by atoms with Crippen LogP contribution in [0.4, 0.5) is 11.4 Å². The number of benzene rings is 1. The Labute approximate surface area is 172 Å². The number of hydrogen-bond acceptors (Lipinski definition) is 5. The number of aryl methyl sites for hydroxylation is 1. The van der Waals surface area contributed by atoms with Crippen molar-refractivity contribution >= 4 is 34.7 Å². The number of carbonyl (C=O) groups is 1. The molecule has 150 valence electrons. The zero-order valence-corrected chi connectivity index (χ0v) is 17.2. The fraction of sp³-hybridized carbons (Fsp3) is 0.381. The van der Waals surface area contributed by atoms with E-state index >= 15 is 0 Å². The highest BCUT2D eigenvalue weighted by Gasteiger charge is 2.23. The maximum absolute atomic E-state index is 12.9. The van der Waals surface area contributed by atoms with Crippen LogP contribution in [-0.2, 0) is 7.05 Å². The average Bonchev–Trinajstić information content (AvgIpc) is 3.06. The molecule has 0 aliphatic carbocycles. The van der Waals surface area contributed by atoms with E-state index in [2.05, 4.69) is 10.00 Å². The summed E-state index contributed by atoms with van der Waals surface area (Å²) in [7, 11) is 1.66. The third-order valence-electron chi connectivity index (χ3n) is 5.68. The van der Waals surface area contributed by atoms with Crippen LogP contribution in [0.1, 0.15) is 29.6 Å². The van der Waals surface area contributed by atoms with Gasteiger partial charge in [-0.3, -0.25) is 9.20 Å². The number of carbonyl (C=O) groups excluding carboxylic acids is 1. The minimum atomic E-state index is -0.151. The molecule has 1 aromatic carbocycles. The Morgan fingerprint density at radius 3 is 2.72 bits per heavy atom. The monoisotopic (exact) mass is 409 g/mol. The number of anilines is 2. The lowest BCUT2D eigenvalue weighted by molar-refractivity contribution is 0.0724. The lowest BCUT2D eigenvalue weighted by atomic mass is 10.1. The summed E-state index contributed by atoms with van der Waals surface area (Å²) in [5.41, 5.74) is 3.35. The maximum Gasteiger partial charge on any atom is 0.350 e. The molecule has 0 bridgehead atoms. The predicted octanol–water partition coefficient (Wildman–Crippen LogP) is 2.90. The summed E-state index contributed by atoms with van der Waals surface area (Å²) < 4.78 is 2.89. The molecule has 0 radical (unpaired) electrons. The normalized spacial score (nSPS) is 16.9. The number of piperidine rings is 1. The van der Waals surface area contributed by atoms with Gasteiger partial charge in [-0.2, -0.15) is 5.10 Å². The number of aromatic nitrogens is 3. The number of nitrogens with zero attached hydrogens (tertiary/aromatic N) is 5. The Morgan fingerprint density at radius 1 is 1.07 bits per heavy atom. The fourth-order valence-electron chi connectivity index (χ4n) is 4.14. The van der Waals surface area contributed by atoms with Crippen molar-refractivity contribution in [1.29, 1.82) is 0 Å². The molecule has 0 spiro atoms. The van der Waals surface area contributed by atoms with Gasteiger partial charge < -0.3 is 9.80 Å². The van der Waals surface area contributed by atoms with E-state index < -0.39 is 0 Å². The van der Waals surface area contributed by atoms with Crippen LogP contribution in [0.25, 0.3) is 5.65 Å². The third-order valence-corrected chi connectivity index (χ3v) is 6.70. The second kappa shape index (κ2) is 7.26. The molecule has 8 heteroatoms. The maximum atomic E-state index is 12.9. The lowest BCUT2D eigenvalue weighted by Crippen LogP contribution is -2.35. The zero-order chi connectivity index (χ0) is 20.0. The van der Waals surface area contributed by atoms with Gasteiger partial charge in [-0.25, -0.2) is 9.48 Å². The second-order valence-electron chi connectivity index (χ2n) is 7.55. The zero-order valence-electron chi connectivity index (χ0n) is 16.4. The first kappa shape index (κ1) is 18.3. The van der Waals surface area contributed by atoms with E-state index in [4.69, 9.17) is 0 Å². The minimum absolute atomic E-state index is 0.138. The van der Waals surface area contributed by atoms with Gasteiger partial charge in [-0.15, -0.1) is 11.8 Å². The first-order valence-corrected chi connectivity index (χ1v) is 11.0. The van der Waals surface area contributed by atoms with Gasteiger partial charge >= 0.3 is 5.69 Å². The Morgan fingerprint density at radius 2 is 1.90 bits per heavy atom. The van der Waals surface area contributed by atoms with Crippen LogP contribution >= 0.6 is 11.8 Å². The van der Waals surface area contributed by atoms with Crippen molar-refractivity contribution in [1.82, 2.24) is 19.1 Å². The fourth-order valence-corrected chi connectivity index (χ4v) is 5.17. The Balaban J connectivity index is 1.48. The van der Waals surface area contributed by atoms with Crippen molar-refractivity contribution in [2.45, 2.75) is 24.2 Å². The molecule has 0 N–H and O–H groups in total. The number of fused-ring (bicyclic) bond motifs is 2. The van der Waals surface area contributed by atoms with E-state index in [1.165, 1.54) is 11.1 Å². The molecule has 7 nitrogen and oxygen atoms in total. The summed E-state index contributed by atoms with van der Waals surface area (Å²) in [4.78, 5) is 30.3. The van der Waals surface area contributed by atoms with Gasteiger partial charge in [0.2, 0.25) is 0 Å².